The van der Waals surface area contributed by atoms with Crippen molar-refractivity contribution in [3.8, 4) is 0 Å². The van der Waals surface area contributed by atoms with E-state index in [1.54, 1.807) is 28.8 Å². The van der Waals surface area contributed by atoms with Crippen LogP contribution in [-0.2, 0) is 29.0 Å². The molecule has 3 heterocycles. The first-order chi connectivity index (χ1) is 14.5. The van der Waals surface area contributed by atoms with Crippen molar-refractivity contribution in [1.82, 2.24) is 14.9 Å². The standard InChI is InChI=1S/C22H23N3O5/c1-14(20(26)23-13-16-6-5-11-29-16)30-22(28)15-8-9-17-18(12-15)24-19-7-3-2-4-10-25(19)21(17)27/h5-6,8-9,11-12,14H,2-4,7,10,13H2,1H3,(H,23,26)/t14-/m0/s1. The fourth-order valence-electron chi connectivity index (χ4n) is 3.56. The second kappa shape index (κ2) is 8.52. The van der Waals surface area contributed by atoms with Gasteiger partial charge < -0.3 is 14.5 Å². The summed E-state index contributed by atoms with van der Waals surface area (Å²) in [5.41, 5.74) is 0.638. The zero-order chi connectivity index (χ0) is 21.1. The first-order valence-electron chi connectivity index (χ1n) is 10.1. The minimum atomic E-state index is -0.978. The minimum Gasteiger partial charge on any atom is -0.467 e. The summed E-state index contributed by atoms with van der Waals surface area (Å²) in [6.45, 7) is 2.38. The first kappa shape index (κ1) is 19.9. The fraction of sp³-hybridized carbons (Fsp3) is 0.364. The number of furan rings is 1. The lowest BCUT2D eigenvalue weighted by Gasteiger charge is -2.14. The molecule has 1 aromatic carbocycles. The van der Waals surface area contributed by atoms with E-state index in [9.17, 15) is 14.4 Å². The highest BCUT2D eigenvalue weighted by atomic mass is 16.5. The Kier molecular flexibility index (Phi) is 5.65. The number of nitrogens with zero attached hydrogens (tertiary/aromatic N) is 2. The fourth-order valence-corrected chi connectivity index (χ4v) is 3.56. The molecule has 0 saturated carbocycles. The summed E-state index contributed by atoms with van der Waals surface area (Å²) in [4.78, 5) is 42.1. The highest BCUT2D eigenvalue weighted by Crippen LogP contribution is 2.17. The van der Waals surface area contributed by atoms with Gasteiger partial charge in [-0.1, -0.05) is 6.42 Å². The Balaban J connectivity index is 1.49. The molecular formula is C22H23N3O5. The monoisotopic (exact) mass is 409 g/mol. The molecule has 0 saturated heterocycles. The van der Waals surface area contributed by atoms with E-state index in [0.717, 1.165) is 31.5 Å². The van der Waals surface area contributed by atoms with Crippen molar-refractivity contribution in [3.05, 3.63) is 64.1 Å². The number of ether oxygens (including phenoxy) is 1. The Bertz CT molecular complexity index is 1130. The number of carbonyl (C=O) groups is 2. The molecule has 1 aliphatic rings. The van der Waals surface area contributed by atoms with E-state index in [1.807, 2.05) is 0 Å². The third kappa shape index (κ3) is 4.12. The van der Waals surface area contributed by atoms with Gasteiger partial charge in [0.05, 0.1) is 29.3 Å². The van der Waals surface area contributed by atoms with Gasteiger partial charge in [-0.05, 0) is 50.1 Å². The highest BCUT2D eigenvalue weighted by molar-refractivity contribution is 5.95. The third-order valence-corrected chi connectivity index (χ3v) is 5.22. The number of carbonyl (C=O) groups excluding carboxylic acids is 2. The normalized spacial score (nSPS) is 14.6. The van der Waals surface area contributed by atoms with Crippen LogP contribution in [0.4, 0.5) is 0 Å². The lowest BCUT2D eigenvalue weighted by Crippen LogP contribution is -2.35. The van der Waals surface area contributed by atoms with E-state index in [4.69, 9.17) is 9.15 Å². The summed E-state index contributed by atoms with van der Waals surface area (Å²) < 4.78 is 12.2. The summed E-state index contributed by atoms with van der Waals surface area (Å²) >= 11 is 0. The predicted octanol–water partition coefficient (Wildman–Crippen LogP) is 2.58. The maximum Gasteiger partial charge on any atom is 0.338 e. The van der Waals surface area contributed by atoms with Crippen LogP contribution in [0.1, 0.15) is 48.1 Å². The van der Waals surface area contributed by atoms with Gasteiger partial charge in [0.15, 0.2) is 6.10 Å². The van der Waals surface area contributed by atoms with Crippen LogP contribution in [0.5, 0.6) is 0 Å². The minimum absolute atomic E-state index is 0.0810. The summed E-state index contributed by atoms with van der Waals surface area (Å²) in [7, 11) is 0. The molecule has 1 atom stereocenters. The number of nitrogens with one attached hydrogen (secondary N) is 1. The van der Waals surface area contributed by atoms with Crippen LogP contribution in [-0.4, -0.2) is 27.5 Å². The maximum atomic E-state index is 12.8. The molecule has 4 rings (SSSR count). The molecule has 0 spiro atoms. The second-order valence-corrected chi connectivity index (χ2v) is 7.37. The number of aromatic nitrogens is 2. The maximum absolute atomic E-state index is 12.8. The van der Waals surface area contributed by atoms with Gasteiger partial charge in [0, 0.05) is 13.0 Å². The molecule has 156 valence electrons. The molecule has 8 nitrogen and oxygen atoms in total. The van der Waals surface area contributed by atoms with Crippen molar-refractivity contribution in [2.45, 2.75) is 51.8 Å². The van der Waals surface area contributed by atoms with Gasteiger partial charge in [0.2, 0.25) is 0 Å². The number of amides is 1. The Morgan fingerprint density at radius 1 is 1.27 bits per heavy atom. The molecule has 30 heavy (non-hydrogen) atoms. The molecule has 0 fully saturated rings. The van der Waals surface area contributed by atoms with Crippen LogP contribution in [0.15, 0.2) is 45.8 Å². The summed E-state index contributed by atoms with van der Waals surface area (Å²) in [5.74, 6) is 0.283. The third-order valence-electron chi connectivity index (χ3n) is 5.22. The lowest BCUT2D eigenvalue weighted by atomic mass is 10.1. The Hall–Kier alpha value is -3.42. The van der Waals surface area contributed by atoms with Gasteiger partial charge in [-0.25, -0.2) is 9.78 Å². The summed E-state index contributed by atoms with van der Waals surface area (Å²) in [6.07, 6.45) is 4.30. The van der Waals surface area contributed by atoms with Crippen molar-refractivity contribution in [3.63, 3.8) is 0 Å². The smallest absolute Gasteiger partial charge is 0.338 e. The Labute approximate surface area is 172 Å². The van der Waals surface area contributed by atoms with Gasteiger partial charge in [0.1, 0.15) is 11.6 Å². The SMILES string of the molecule is C[C@H](OC(=O)c1ccc2c(=O)n3c(nc2c1)CCCCC3)C(=O)NCc1ccco1. The van der Waals surface area contributed by atoms with Crippen molar-refractivity contribution in [1.29, 1.82) is 0 Å². The number of hydrogen-bond donors (Lipinski definition) is 1. The largest absolute Gasteiger partial charge is 0.467 e. The lowest BCUT2D eigenvalue weighted by molar-refractivity contribution is -0.129. The number of aryl methyl sites for hydroxylation is 1. The molecule has 1 aliphatic heterocycles. The van der Waals surface area contributed by atoms with Crippen molar-refractivity contribution in [2.24, 2.45) is 0 Å². The number of benzene rings is 1. The van der Waals surface area contributed by atoms with Gasteiger partial charge in [-0.2, -0.15) is 0 Å². The van der Waals surface area contributed by atoms with Gasteiger partial charge in [-0.15, -0.1) is 0 Å². The number of esters is 1. The Morgan fingerprint density at radius 3 is 2.93 bits per heavy atom. The molecule has 0 bridgehead atoms. The van der Waals surface area contributed by atoms with Gasteiger partial charge in [0.25, 0.3) is 11.5 Å². The average molecular weight is 409 g/mol. The molecule has 3 aromatic rings. The molecule has 0 unspecified atom stereocenters. The first-order valence-corrected chi connectivity index (χ1v) is 10.1. The number of fused-ring (bicyclic) bond motifs is 2. The van der Waals surface area contributed by atoms with Crippen LogP contribution in [0.25, 0.3) is 10.9 Å². The average Bonchev–Trinajstić information content (AvgIpc) is 3.15. The molecule has 8 heteroatoms. The van der Waals surface area contributed by atoms with Crippen molar-refractivity contribution in [2.75, 3.05) is 0 Å². The van der Waals surface area contributed by atoms with Gasteiger partial charge in [-0.3, -0.25) is 14.2 Å². The number of rotatable bonds is 5. The van der Waals surface area contributed by atoms with Crippen LogP contribution in [0.3, 0.4) is 0 Å². The molecule has 0 aliphatic carbocycles. The van der Waals surface area contributed by atoms with E-state index >= 15 is 0 Å². The molecule has 1 amide bonds. The van der Waals surface area contributed by atoms with Crippen LogP contribution in [0, 0.1) is 0 Å². The summed E-state index contributed by atoms with van der Waals surface area (Å²) in [5, 5.41) is 3.13. The van der Waals surface area contributed by atoms with E-state index < -0.39 is 18.0 Å². The molecule has 2 aromatic heterocycles. The van der Waals surface area contributed by atoms with E-state index in [1.165, 1.54) is 19.3 Å². The summed E-state index contributed by atoms with van der Waals surface area (Å²) in [6, 6.07) is 8.15. The quantitative estimate of drug-likeness (QED) is 0.650. The molecule has 1 N–H and O–H groups in total. The molecular weight excluding hydrogens is 386 g/mol. The van der Waals surface area contributed by atoms with Crippen molar-refractivity contribution >= 4 is 22.8 Å². The van der Waals surface area contributed by atoms with Crippen LogP contribution < -0.4 is 10.9 Å². The van der Waals surface area contributed by atoms with E-state index in [2.05, 4.69) is 10.3 Å². The zero-order valence-electron chi connectivity index (χ0n) is 16.7. The van der Waals surface area contributed by atoms with E-state index in [0.29, 0.717) is 23.2 Å². The predicted molar refractivity (Wildman–Crippen MR) is 109 cm³/mol. The van der Waals surface area contributed by atoms with Crippen molar-refractivity contribution < 1.29 is 18.7 Å². The topological polar surface area (TPSA) is 103 Å². The zero-order valence-corrected chi connectivity index (χ0v) is 16.7. The van der Waals surface area contributed by atoms with Crippen LogP contribution >= 0.6 is 0 Å². The van der Waals surface area contributed by atoms with E-state index in [-0.39, 0.29) is 17.7 Å². The van der Waals surface area contributed by atoms with Crippen LogP contribution in [0.2, 0.25) is 0 Å². The number of hydrogen-bond acceptors (Lipinski definition) is 6. The second-order valence-electron chi connectivity index (χ2n) is 7.37. The molecule has 0 radical (unpaired) electrons. The Morgan fingerprint density at radius 2 is 2.13 bits per heavy atom. The highest BCUT2D eigenvalue weighted by Gasteiger charge is 2.20. The van der Waals surface area contributed by atoms with Gasteiger partial charge >= 0.3 is 5.97 Å².